The molecule has 4 aromatic heterocycles. The van der Waals surface area contributed by atoms with E-state index in [1.54, 1.807) is 22.7 Å². The average molecular weight is 822 g/mol. The Morgan fingerprint density at radius 3 is 1.13 bits per heavy atom. The van der Waals surface area contributed by atoms with E-state index >= 15 is 0 Å². The second-order valence-electron chi connectivity index (χ2n) is 15.8. The van der Waals surface area contributed by atoms with E-state index in [1.165, 1.54) is 16.7 Å². The van der Waals surface area contributed by atoms with Crippen LogP contribution in [0.3, 0.4) is 0 Å². The van der Waals surface area contributed by atoms with Crippen LogP contribution in [-0.4, -0.2) is 25.0 Å². The molecule has 0 N–H and O–H groups in total. The predicted octanol–water partition coefficient (Wildman–Crippen LogP) is 14.5. The topological polar surface area (TPSA) is 56.5 Å². The monoisotopic (exact) mass is 821 g/mol. The van der Waals surface area contributed by atoms with E-state index in [4.69, 9.17) is 9.97 Å². The SMILES string of the molecule is Cc1ccc(-c2c3nc(c(-c4ccc(C)cc4)c4ccc(s4)c(-c4ccc(-n5cc(C6C=CC=C6)nn5)cc4)c4nc(c(-c5ccc(C)cc5)c5ccc2s5)C=C4)C=C3)cc1. The highest BCUT2D eigenvalue weighted by atomic mass is 32.1. The molecule has 6 heterocycles. The molecule has 8 bridgehead atoms. The number of benzene rings is 4. The summed E-state index contributed by atoms with van der Waals surface area (Å²) in [6.45, 7) is 6.40. The Morgan fingerprint density at radius 1 is 0.426 bits per heavy atom. The molecular weight excluding hydrogens is 783 g/mol. The number of fused-ring (bicyclic) bond motifs is 8. The molecule has 0 fully saturated rings. The Labute approximate surface area is 362 Å². The van der Waals surface area contributed by atoms with Crippen LogP contribution in [0.4, 0.5) is 0 Å². The molecule has 61 heavy (non-hydrogen) atoms. The molecule has 0 atom stereocenters. The van der Waals surface area contributed by atoms with E-state index < -0.39 is 0 Å². The average Bonchev–Trinajstić information content (AvgIpc) is 4.13. The third kappa shape index (κ3) is 6.92. The number of hydrogen-bond acceptors (Lipinski definition) is 6. The zero-order valence-electron chi connectivity index (χ0n) is 33.9. The molecule has 2 aliphatic heterocycles. The van der Waals surface area contributed by atoms with Gasteiger partial charge in [-0.05, 0) is 104 Å². The minimum absolute atomic E-state index is 0.153. The van der Waals surface area contributed by atoms with E-state index in [1.807, 2.05) is 10.9 Å². The molecule has 292 valence electrons. The first-order valence-corrected chi connectivity index (χ1v) is 22.1. The first kappa shape index (κ1) is 37.0. The molecule has 0 spiro atoms. The van der Waals surface area contributed by atoms with Crippen molar-refractivity contribution in [2.24, 2.45) is 0 Å². The summed E-state index contributed by atoms with van der Waals surface area (Å²) >= 11 is 3.57. The largest absolute Gasteiger partial charge is 0.248 e. The summed E-state index contributed by atoms with van der Waals surface area (Å²) in [4.78, 5) is 11.0. The predicted molar refractivity (Wildman–Crippen MR) is 258 cm³/mol. The molecule has 4 aromatic carbocycles. The van der Waals surface area contributed by atoms with Gasteiger partial charge in [0.05, 0.1) is 40.4 Å². The minimum atomic E-state index is 0.153. The van der Waals surface area contributed by atoms with Crippen LogP contribution in [0.25, 0.3) is 93.3 Å². The maximum absolute atomic E-state index is 5.53. The summed E-state index contributed by atoms with van der Waals surface area (Å²) in [7, 11) is 0. The van der Waals surface area contributed by atoms with Crippen molar-refractivity contribution in [3.63, 3.8) is 0 Å². The Balaban J connectivity index is 1.21. The van der Waals surface area contributed by atoms with E-state index in [0.717, 1.165) is 97.5 Å². The van der Waals surface area contributed by atoms with E-state index in [0.29, 0.717) is 0 Å². The zero-order chi connectivity index (χ0) is 41.0. The van der Waals surface area contributed by atoms with Crippen molar-refractivity contribution in [2.75, 3.05) is 0 Å². The van der Waals surface area contributed by atoms with Crippen LogP contribution < -0.4 is 0 Å². The van der Waals surface area contributed by atoms with Gasteiger partial charge in [-0.2, -0.15) is 0 Å². The lowest BCUT2D eigenvalue weighted by molar-refractivity contribution is 0.797. The number of aromatic nitrogens is 5. The van der Waals surface area contributed by atoms with Gasteiger partial charge in [0.1, 0.15) is 0 Å². The van der Waals surface area contributed by atoms with Crippen molar-refractivity contribution in [3.05, 3.63) is 197 Å². The molecule has 3 aliphatic rings. The lowest BCUT2D eigenvalue weighted by Gasteiger charge is -2.07. The van der Waals surface area contributed by atoms with Crippen LogP contribution in [0.1, 0.15) is 51.1 Å². The number of aryl methyl sites for hydroxylation is 3. The molecule has 5 nitrogen and oxygen atoms in total. The molecule has 0 saturated heterocycles. The van der Waals surface area contributed by atoms with Gasteiger partial charge in [0.15, 0.2) is 0 Å². The number of nitrogens with zero attached hydrogens (tertiary/aromatic N) is 5. The molecule has 8 aromatic rings. The quantitative estimate of drug-likeness (QED) is 0.168. The van der Waals surface area contributed by atoms with Gasteiger partial charge in [-0.3, -0.25) is 0 Å². The molecule has 7 heteroatoms. The van der Waals surface area contributed by atoms with Gasteiger partial charge in [-0.1, -0.05) is 131 Å². The molecule has 0 unspecified atom stereocenters. The minimum Gasteiger partial charge on any atom is -0.248 e. The van der Waals surface area contributed by atoms with Gasteiger partial charge in [0, 0.05) is 47.0 Å². The summed E-state index contributed by atoms with van der Waals surface area (Å²) in [6, 6.07) is 44.1. The molecular formula is C54H39N5S2. The highest BCUT2D eigenvalue weighted by molar-refractivity contribution is 7.24. The summed E-state index contributed by atoms with van der Waals surface area (Å²) < 4.78 is 6.43. The number of thiophene rings is 2. The number of allylic oxidation sites excluding steroid dienone is 4. The molecule has 0 amide bonds. The Morgan fingerprint density at radius 2 is 0.770 bits per heavy atom. The van der Waals surface area contributed by atoms with Crippen LogP contribution >= 0.6 is 22.7 Å². The Bertz CT molecular complexity index is 3250. The highest BCUT2D eigenvalue weighted by Gasteiger charge is 2.20. The maximum Gasteiger partial charge on any atom is 0.0938 e. The number of rotatable bonds is 6. The molecule has 1 aliphatic carbocycles. The van der Waals surface area contributed by atoms with Crippen molar-refractivity contribution in [1.82, 2.24) is 25.0 Å². The van der Waals surface area contributed by atoms with E-state index in [2.05, 4.69) is 201 Å². The summed E-state index contributed by atoms with van der Waals surface area (Å²) in [6.07, 6.45) is 19.2. The fraction of sp³-hybridized carbons (Fsp3) is 0.0741. The fourth-order valence-corrected chi connectivity index (χ4v) is 10.6. The van der Waals surface area contributed by atoms with Crippen molar-refractivity contribution in [2.45, 2.75) is 26.7 Å². The van der Waals surface area contributed by atoms with Gasteiger partial charge in [0.25, 0.3) is 0 Å². The van der Waals surface area contributed by atoms with Crippen molar-refractivity contribution in [3.8, 4) is 50.2 Å². The third-order valence-electron chi connectivity index (χ3n) is 11.5. The molecule has 0 radical (unpaired) electrons. The first-order chi connectivity index (χ1) is 29.9. The second-order valence-corrected chi connectivity index (χ2v) is 18.0. The van der Waals surface area contributed by atoms with E-state index in [9.17, 15) is 0 Å². The van der Waals surface area contributed by atoms with Crippen molar-refractivity contribution >= 4 is 65.8 Å². The van der Waals surface area contributed by atoms with Gasteiger partial charge < -0.3 is 0 Å². The van der Waals surface area contributed by atoms with Crippen LogP contribution in [0, 0.1) is 20.8 Å². The van der Waals surface area contributed by atoms with Gasteiger partial charge >= 0.3 is 0 Å². The van der Waals surface area contributed by atoms with Crippen LogP contribution in [0.5, 0.6) is 0 Å². The normalized spacial score (nSPS) is 13.2. The Hall–Kier alpha value is -7.06. The van der Waals surface area contributed by atoms with Crippen molar-refractivity contribution in [1.29, 1.82) is 0 Å². The van der Waals surface area contributed by atoms with E-state index in [-0.39, 0.29) is 5.92 Å². The summed E-state index contributed by atoms with van der Waals surface area (Å²) in [5.41, 5.74) is 18.2. The van der Waals surface area contributed by atoms with Gasteiger partial charge in [0.2, 0.25) is 0 Å². The standard InChI is InChI=1S/C54H39N5S2/c1-33-8-14-37(15-9-33)51-42-24-25-43(55-42)52(38-16-10-34(2)11-17-38)49-30-31-50(61-49)54(40-20-22-41(23-21-40)59-32-46(57-58-59)36-6-4-5-7-36)45-27-26-44(56-45)53(48-29-28-47(51)60-48)39-18-12-35(3)13-19-39/h4-32,36H,1-3H3. The van der Waals surface area contributed by atoms with Gasteiger partial charge in [-0.25, -0.2) is 14.6 Å². The van der Waals surface area contributed by atoms with Crippen LogP contribution in [-0.2, 0) is 0 Å². The molecule has 0 saturated carbocycles. The lowest BCUT2D eigenvalue weighted by Crippen LogP contribution is -1.95. The summed E-state index contributed by atoms with van der Waals surface area (Å²) in [5.74, 6) is 0.153. The highest BCUT2D eigenvalue weighted by Crippen LogP contribution is 2.43. The smallest absolute Gasteiger partial charge is 0.0938 e. The Kier molecular flexibility index (Phi) is 9.21. The zero-order valence-corrected chi connectivity index (χ0v) is 35.5. The third-order valence-corrected chi connectivity index (χ3v) is 13.8. The van der Waals surface area contributed by atoms with Gasteiger partial charge in [-0.15, -0.1) is 27.8 Å². The second kappa shape index (κ2) is 15.2. The van der Waals surface area contributed by atoms with Crippen LogP contribution in [0.2, 0.25) is 0 Å². The van der Waals surface area contributed by atoms with Crippen molar-refractivity contribution < 1.29 is 0 Å². The summed E-state index contributed by atoms with van der Waals surface area (Å²) in [5, 5.41) is 8.98. The number of hydrogen-bond donors (Lipinski definition) is 0. The molecule has 11 rings (SSSR count). The van der Waals surface area contributed by atoms with Crippen LogP contribution in [0.15, 0.2) is 152 Å². The lowest BCUT2D eigenvalue weighted by atomic mass is 10.0. The first-order valence-electron chi connectivity index (χ1n) is 20.5. The maximum atomic E-state index is 5.53. The fourth-order valence-electron chi connectivity index (χ4n) is 8.29.